The van der Waals surface area contributed by atoms with Gasteiger partial charge >= 0.3 is 0 Å². The zero-order valence-electron chi connectivity index (χ0n) is 16.6. The van der Waals surface area contributed by atoms with Crippen LogP contribution in [0.5, 0.6) is 5.75 Å². The van der Waals surface area contributed by atoms with Gasteiger partial charge in [0.05, 0.1) is 16.2 Å². The molecule has 1 aliphatic rings. The summed E-state index contributed by atoms with van der Waals surface area (Å²) < 4.78 is 5.81. The molecule has 0 saturated carbocycles. The molecule has 5 heteroatoms. The van der Waals surface area contributed by atoms with Crippen LogP contribution in [-0.4, -0.2) is 17.6 Å². The van der Waals surface area contributed by atoms with Crippen molar-refractivity contribution in [1.29, 1.82) is 0 Å². The van der Waals surface area contributed by atoms with Crippen LogP contribution in [-0.2, 0) is 16.2 Å². The minimum absolute atomic E-state index is 0.274. The van der Waals surface area contributed by atoms with E-state index >= 15 is 0 Å². The number of nitrogens with zero attached hydrogens (tertiary/aromatic N) is 1. The van der Waals surface area contributed by atoms with Gasteiger partial charge in [-0.05, 0) is 41.1 Å². The van der Waals surface area contributed by atoms with Crippen molar-refractivity contribution in [1.82, 2.24) is 0 Å². The van der Waals surface area contributed by atoms with E-state index in [1.165, 1.54) is 16.7 Å². The lowest BCUT2D eigenvalue weighted by Gasteiger charge is -2.16. The number of imide groups is 1. The van der Waals surface area contributed by atoms with Crippen molar-refractivity contribution >= 4 is 34.8 Å². The summed E-state index contributed by atoms with van der Waals surface area (Å²) in [6.45, 7) is 2.43. The third kappa shape index (κ3) is 4.02. The average molecular weight is 416 g/mol. The summed E-state index contributed by atoms with van der Waals surface area (Å²) in [5, 5.41) is 0. The maximum atomic E-state index is 13.2. The molecule has 0 bridgehead atoms. The largest absolute Gasteiger partial charge is 0.489 e. The Bertz CT molecular complexity index is 1080. The molecule has 4 nitrogen and oxygen atoms in total. The number of benzene rings is 3. The molecule has 0 atom stereocenters. The summed E-state index contributed by atoms with van der Waals surface area (Å²) in [5.74, 6) is 0.829. The number of amides is 2. The SMILES string of the molecule is CCSC1=C(c2ccccc2)C(=O)N(c2ccc(OCc3ccccc3)cc2)C1=O. The van der Waals surface area contributed by atoms with Crippen LogP contribution in [0.2, 0.25) is 0 Å². The number of rotatable bonds is 7. The minimum atomic E-state index is -0.292. The summed E-state index contributed by atoms with van der Waals surface area (Å²) in [6, 6.07) is 26.3. The van der Waals surface area contributed by atoms with Crippen molar-refractivity contribution in [2.45, 2.75) is 13.5 Å². The lowest BCUT2D eigenvalue weighted by atomic mass is 10.1. The number of anilines is 1. The van der Waals surface area contributed by atoms with Crippen molar-refractivity contribution < 1.29 is 14.3 Å². The van der Waals surface area contributed by atoms with Crippen LogP contribution in [0.4, 0.5) is 5.69 Å². The van der Waals surface area contributed by atoms with Crippen molar-refractivity contribution in [3.63, 3.8) is 0 Å². The number of hydrogen-bond donors (Lipinski definition) is 0. The van der Waals surface area contributed by atoms with Gasteiger partial charge in [-0.3, -0.25) is 9.59 Å². The van der Waals surface area contributed by atoms with Crippen LogP contribution in [0.1, 0.15) is 18.1 Å². The third-order valence-corrected chi connectivity index (χ3v) is 5.69. The van der Waals surface area contributed by atoms with Crippen LogP contribution >= 0.6 is 11.8 Å². The molecule has 0 radical (unpaired) electrons. The zero-order chi connectivity index (χ0) is 20.9. The van der Waals surface area contributed by atoms with E-state index in [-0.39, 0.29) is 11.8 Å². The second-order valence-corrected chi connectivity index (χ2v) is 7.99. The first-order valence-corrected chi connectivity index (χ1v) is 10.8. The van der Waals surface area contributed by atoms with E-state index in [9.17, 15) is 9.59 Å². The molecule has 4 rings (SSSR count). The maximum absolute atomic E-state index is 13.2. The number of hydrogen-bond acceptors (Lipinski definition) is 4. The number of carbonyl (C=O) groups is 2. The fourth-order valence-electron chi connectivity index (χ4n) is 3.31. The maximum Gasteiger partial charge on any atom is 0.272 e. The highest BCUT2D eigenvalue weighted by atomic mass is 32.2. The third-order valence-electron chi connectivity index (χ3n) is 4.74. The van der Waals surface area contributed by atoms with E-state index in [1.807, 2.05) is 67.6 Å². The molecule has 30 heavy (non-hydrogen) atoms. The highest BCUT2D eigenvalue weighted by molar-refractivity contribution is 8.04. The van der Waals surface area contributed by atoms with E-state index in [0.29, 0.717) is 34.3 Å². The molecule has 0 N–H and O–H groups in total. The Morgan fingerprint density at radius 3 is 2.07 bits per heavy atom. The van der Waals surface area contributed by atoms with E-state index in [1.54, 1.807) is 24.3 Å². The van der Waals surface area contributed by atoms with Crippen LogP contribution in [0.3, 0.4) is 0 Å². The van der Waals surface area contributed by atoms with Crippen LogP contribution < -0.4 is 9.64 Å². The first-order chi connectivity index (χ1) is 14.7. The lowest BCUT2D eigenvalue weighted by molar-refractivity contribution is -0.119. The fourth-order valence-corrected chi connectivity index (χ4v) is 4.17. The summed E-state index contributed by atoms with van der Waals surface area (Å²) in [4.78, 5) is 28.0. The minimum Gasteiger partial charge on any atom is -0.489 e. The Morgan fingerprint density at radius 1 is 0.800 bits per heavy atom. The van der Waals surface area contributed by atoms with Gasteiger partial charge in [0.2, 0.25) is 0 Å². The Kier molecular flexibility index (Phi) is 6.00. The Morgan fingerprint density at radius 2 is 1.43 bits per heavy atom. The molecule has 3 aromatic carbocycles. The highest BCUT2D eigenvalue weighted by Crippen LogP contribution is 2.38. The predicted octanol–water partition coefficient (Wildman–Crippen LogP) is 5.30. The van der Waals surface area contributed by atoms with Gasteiger partial charge in [0.15, 0.2) is 0 Å². The van der Waals surface area contributed by atoms with Crippen molar-refractivity contribution in [2.24, 2.45) is 0 Å². The lowest BCUT2D eigenvalue weighted by Crippen LogP contribution is -2.31. The van der Waals surface area contributed by atoms with Gasteiger partial charge in [0.1, 0.15) is 12.4 Å². The number of carbonyl (C=O) groups excluding carboxylic acids is 2. The van der Waals surface area contributed by atoms with Gasteiger partial charge in [-0.1, -0.05) is 67.6 Å². The normalized spacial score (nSPS) is 13.8. The molecule has 3 aromatic rings. The molecule has 0 aliphatic carbocycles. The summed E-state index contributed by atoms with van der Waals surface area (Å²) in [6.07, 6.45) is 0. The van der Waals surface area contributed by atoms with Gasteiger partial charge in [-0.15, -0.1) is 11.8 Å². The van der Waals surface area contributed by atoms with Crippen molar-refractivity contribution in [3.8, 4) is 5.75 Å². The average Bonchev–Trinajstić information content (AvgIpc) is 3.04. The molecular weight excluding hydrogens is 394 g/mol. The second-order valence-electron chi connectivity index (χ2n) is 6.72. The molecule has 0 fully saturated rings. The smallest absolute Gasteiger partial charge is 0.272 e. The molecular formula is C25H21NO3S. The van der Waals surface area contributed by atoms with E-state index in [0.717, 1.165) is 11.1 Å². The molecule has 2 amide bonds. The summed E-state index contributed by atoms with van der Waals surface area (Å²) in [7, 11) is 0. The van der Waals surface area contributed by atoms with Crippen molar-refractivity contribution in [3.05, 3.63) is 101 Å². The van der Waals surface area contributed by atoms with Gasteiger partial charge in [0.25, 0.3) is 11.8 Å². The van der Waals surface area contributed by atoms with Crippen molar-refractivity contribution in [2.75, 3.05) is 10.7 Å². The predicted molar refractivity (Wildman–Crippen MR) is 121 cm³/mol. The van der Waals surface area contributed by atoms with Gasteiger partial charge in [-0.2, -0.15) is 0 Å². The number of thioether (sulfide) groups is 1. The topological polar surface area (TPSA) is 46.6 Å². The fraction of sp³-hybridized carbons (Fsp3) is 0.120. The molecule has 0 unspecified atom stereocenters. The van der Waals surface area contributed by atoms with Crippen LogP contribution in [0, 0.1) is 0 Å². The molecule has 0 saturated heterocycles. The Hall–Kier alpha value is -3.31. The Balaban J connectivity index is 1.55. The van der Waals surface area contributed by atoms with Crippen LogP contribution in [0.15, 0.2) is 89.8 Å². The summed E-state index contributed by atoms with van der Waals surface area (Å²) >= 11 is 1.40. The molecule has 1 aliphatic heterocycles. The van der Waals surface area contributed by atoms with E-state index < -0.39 is 0 Å². The molecule has 0 aromatic heterocycles. The zero-order valence-corrected chi connectivity index (χ0v) is 17.4. The Labute approximate surface area is 180 Å². The second kappa shape index (κ2) is 9.01. The first kappa shape index (κ1) is 20.0. The first-order valence-electron chi connectivity index (χ1n) is 9.77. The van der Waals surface area contributed by atoms with Gasteiger partial charge in [0, 0.05) is 0 Å². The molecule has 1 heterocycles. The monoisotopic (exact) mass is 415 g/mol. The summed E-state index contributed by atoms with van der Waals surface area (Å²) in [5.41, 5.74) is 2.84. The highest BCUT2D eigenvalue weighted by Gasteiger charge is 2.39. The van der Waals surface area contributed by atoms with E-state index in [4.69, 9.17) is 4.74 Å². The standard InChI is InChI=1S/C25H21NO3S/c1-2-30-23-22(19-11-7-4-8-12-19)24(27)26(25(23)28)20-13-15-21(16-14-20)29-17-18-9-5-3-6-10-18/h3-16H,2,17H2,1H3. The number of ether oxygens (including phenoxy) is 1. The molecule has 150 valence electrons. The van der Waals surface area contributed by atoms with Gasteiger partial charge in [-0.25, -0.2) is 4.90 Å². The quantitative estimate of drug-likeness (QED) is 0.491. The van der Waals surface area contributed by atoms with Gasteiger partial charge < -0.3 is 4.74 Å². The van der Waals surface area contributed by atoms with E-state index in [2.05, 4.69) is 0 Å². The van der Waals surface area contributed by atoms with Crippen LogP contribution in [0.25, 0.3) is 5.57 Å². The molecule has 0 spiro atoms.